The molecule has 4 nitrogen and oxygen atoms in total. The lowest BCUT2D eigenvalue weighted by molar-refractivity contribution is 0.197. The van der Waals surface area contributed by atoms with Crippen LogP contribution in [0.5, 0.6) is 0 Å². The lowest BCUT2D eigenvalue weighted by Crippen LogP contribution is -2.35. The van der Waals surface area contributed by atoms with Gasteiger partial charge in [-0.3, -0.25) is 4.57 Å². The maximum absolute atomic E-state index is 12.2. The van der Waals surface area contributed by atoms with E-state index >= 15 is 0 Å². The molecule has 0 bridgehead atoms. The molecule has 0 spiro atoms. The molecular formula is C14H25N3O. The van der Waals surface area contributed by atoms with E-state index in [4.69, 9.17) is 0 Å². The fourth-order valence-corrected chi connectivity index (χ4v) is 1.94. The smallest absolute Gasteiger partial charge is 0.324 e. The molecule has 102 valence electrons. The number of hydrogen-bond donors (Lipinski definition) is 0. The average molecular weight is 251 g/mol. The van der Waals surface area contributed by atoms with Crippen LogP contribution in [0.3, 0.4) is 0 Å². The first-order valence-electron chi connectivity index (χ1n) is 7.06. The summed E-state index contributed by atoms with van der Waals surface area (Å²) < 4.78 is 1.57. The Morgan fingerprint density at radius 2 is 1.72 bits per heavy atom. The van der Waals surface area contributed by atoms with Crippen LogP contribution in [0.25, 0.3) is 0 Å². The van der Waals surface area contributed by atoms with E-state index in [1.807, 2.05) is 4.90 Å². The number of aromatic nitrogens is 2. The van der Waals surface area contributed by atoms with Crippen molar-refractivity contribution >= 4 is 6.03 Å². The Labute approximate surface area is 110 Å². The van der Waals surface area contributed by atoms with E-state index in [9.17, 15) is 4.79 Å². The third-order valence-electron chi connectivity index (χ3n) is 3.06. The molecule has 1 aromatic heterocycles. The quantitative estimate of drug-likeness (QED) is 0.663. The molecule has 0 saturated carbocycles. The SMILES string of the molecule is CCCCCN(CCCCC)C(=O)n1ccnc1. The fraction of sp³-hybridized carbons (Fsp3) is 0.714. The minimum absolute atomic E-state index is 0.0553. The third kappa shape index (κ3) is 4.90. The minimum Gasteiger partial charge on any atom is -0.324 e. The average Bonchev–Trinajstić information content (AvgIpc) is 2.90. The van der Waals surface area contributed by atoms with Crippen LogP contribution in [0, 0.1) is 0 Å². The number of carbonyl (C=O) groups excluding carboxylic acids is 1. The van der Waals surface area contributed by atoms with Gasteiger partial charge in [0.15, 0.2) is 0 Å². The highest BCUT2D eigenvalue weighted by Crippen LogP contribution is 2.05. The van der Waals surface area contributed by atoms with Crippen molar-refractivity contribution in [1.82, 2.24) is 14.5 Å². The van der Waals surface area contributed by atoms with Gasteiger partial charge in [0, 0.05) is 25.5 Å². The van der Waals surface area contributed by atoms with Crippen molar-refractivity contribution < 1.29 is 4.79 Å². The molecule has 1 amide bonds. The van der Waals surface area contributed by atoms with Crippen molar-refractivity contribution in [1.29, 1.82) is 0 Å². The van der Waals surface area contributed by atoms with Gasteiger partial charge in [-0.1, -0.05) is 39.5 Å². The number of imidazole rings is 1. The van der Waals surface area contributed by atoms with Crippen molar-refractivity contribution in [2.75, 3.05) is 13.1 Å². The molecule has 0 aliphatic carbocycles. The molecule has 1 aromatic rings. The topological polar surface area (TPSA) is 38.1 Å². The predicted molar refractivity (Wildman–Crippen MR) is 73.6 cm³/mol. The highest BCUT2D eigenvalue weighted by atomic mass is 16.2. The monoisotopic (exact) mass is 251 g/mol. The summed E-state index contributed by atoms with van der Waals surface area (Å²) in [6, 6.07) is 0.0553. The first-order chi connectivity index (χ1) is 8.79. The Bertz CT molecular complexity index is 312. The van der Waals surface area contributed by atoms with Crippen LogP contribution >= 0.6 is 0 Å². The van der Waals surface area contributed by atoms with E-state index in [2.05, 4.69) is 18.8 Å². The maximum atomic E-state index is 12.2. The van der Waals surface area contributed by atoms with E-state index in [-0.39, 0.29) is 6.03 Å². The van der Waals surface area contributed by atoms with Gasteiger partial charge in [-0.05, 0) is 12.8 Å². The fourth-order valence-electron chi connectivity index (χ4n) is 1.94. The Hall–Kier alpha value is -1.32. The molecular weight excluding hydrogens is 226 g/mol. The molecule has 0 aliphatic heterocycles. The maximum Gasteiger partial charge on any atom is 0.329 e. The summed E-state index contributed by atoms with van der Waals surface area (Å²) >= 11 is 0. The molecule has 0 aromatic carbocycles. The minimum atomic E-state index is 0.0553. The summed E-state index contributed by atoms with van der Waals surface area (Å²) in [5.41, 5.74) is 0. The number of carbonyl (C=O) groups is 1. The number of nitrogens with zero attached hydrogens (tertiary/aromatic N) is 3. The van der Waals surface area contributed by atoms with Crippen LogP contribution in [-0.2, 0) is 0 Å². The normalized spacial score (nSPS) is 10.6. The number of rotatable bonds is 8. The standard InChI is InChI=1S/C14H25N3O/c1-3-5-7-10-16(11-8-6-4-2)14(18)17-12-9-15-13-17/h9,12-13H,3-8,10-11H2,1-2H3. The zero-order valence-electron chi connectivity index (χ0n) is 11.6. The summed E-state index contributed by atoms with van der Waals surface area (Å²) in [6.45, 7) is 6.07. The molecule has 18 heavy (non-hydrogen) atoms. The van der Waals surface area contributed by atoms with Crippen LogP contribution < -0.4 is 0 Å². The van der Waals surface area contributed by atoms with Gasteiger partial charge < -0.3 is 4.90 Å². The molecule has 0 N–H and O–H groups in total. The largest absolute Gasteiger partial charge is 0.329 e. The van der Waals surface area contributed by atoms with Gasteiger partial charge in [0.05, 0.1) is 0 Å². The van der Waals surface area contributed by atoms with E-state index < -0.39 is 0 Å². The molecule has 0 saturated heterocycles. The summed E-state index contributed by atoms with van der Waals surface area (Å²) in [4.78, 5) is 18.1. The Morgan fingerprint density at radius 1 is 1.11 bits per heavy atom. The van der Waals surface area contributed by atoms with Gasteiger partial charge in [0.2, 0.25) is 0 Å². The Morgan fingerprint density at radius 3 is 2.17 bits per heavy atom. The second-order valence-corrected chi connectivity index (χ2v) is 4.65. The highest BCUT2D eigenvalue weighted by molar-refractivity contribution is 5.76. The molecule has 0 atom stereocenters. The second kappa shape index (κ2) is 8.72. The zero-order valence-corrected chi connectivity index (χ0v) is 11.6. The summed E-state index contributed by atoms with van der Waals surface area (Å²) in [7, 11) is 0. The van der Waals surface area contributed by atoms with Crippen molar-refractivity contribution in [3.05, 3.63) is 18.7 Å². The van der Waals surface area contributed by atoms with Gasteiger partial charge in [0.1, 0.15) is 6.33 Å². The lowest BCUT2D eigenvalue weighted by Gasteiger charge is -2.22. The van der Waals surface area contributed by atoms with Crippen molar-refractivity contribution in [2.45, 2.75) is 52.4 Å². The molecule has 0 unspecified atom stereocenters. The van der Waals surface area contributed by atoms with Gasteiger partial charge >= 0.3 is 6.03 Å². The molecule has 4 heteroatoms. The molecule has 1 heterocycles. The Kier molecular flexibility index (Phi) is 7.14. The van der Waals surface area contributed by atoms with Gasteiger partial charge in [-0.25, -0.2) is 9.78 Å². The third-order valence-corrected chi connectivity index (χ3v) is 3.06. The first kappa shape index (κ1) is 14.7. The summed E-state index contributed by atoms with van der Waals surface area (Å²) in [6.07, 6.45) is 11.8. The van der Waals surface area contributed by atoms with Crippen LogP contribution in [0.1, 0.15) is 52.4 Å². The number of hydrogen-bond acceptors (Lipinski definition) is 2. The van der Waals surface area contributed by atoms with E-state index in [1.54, 1.807) is 23.3 Å². The van der Waals surface area contributed by atoms with Crippen molar-refractivity contribution in [3.63, 3.8) is 0 Å². The lowest BCUT2D eigenvalue weighted by atomic mass is 10.2. The zero-order chi connectivity index (χ0) is 13.2. The van der Waals surface area contributed by atoms with Crippen LogP contribution in [0.15, 0.2) is 18.7 Å². The molecule has 0 aliphatic rings. The van der Waals surface area contributed by atoms with E-state index in [0.29, 0.717) is 0 Å². The Balaban J connectivity index is 2.49. The van der Waals surface area contributed by atoms with Crippen molar-refractivity contribution in [2.24, 2.45) is 0 Å². The van der Waals surface area contributed by atoms with Crippen molar-refractivity contribution in [3.8, 4) is 0 Å². The van der Waals surface area contributed by atoms with Gasteiger partial charge in [0.25, 0.3) is 0 Å². The van der Waals surface area contributed by atoms with Crippen LogP contribution in [-0.4, -0.2) is 33.6 Å². The van der Waals surface area contributed by atoms with Gasteiger partial charge in [-0.2, -0.15) is 0 Å². The van der Waals surface area contributed by atoms with Gasteiger partial charge in [-0.15, -0.1) is 0 Å². The predicted octanol–water partition coefficient (Wildman–Crippen LogP) is 3.53. The molecule has 0 radical (unpaired) electrons. The number of unbranched alkanes of at least 4 members (excludes halogenated alkanes) is 4. The second-order valence-electron chi connectivity index (χ2n) is 4.65. The number of amides is 1. The summed E-state index contributed by atoms with van der Waals surface area (Å²) in [5.74, 6) is 0. The van der Waals surface area contributed by atoms with Crippen LogP contribution in [0.2, 0.25) is 0 Å². The van der Waals surface area contributed by atoms with E-state index in [1.165, 1.54) is 25.7 Å². The van der Waals surface area contributed by atoms with E-state index in [0.717, 1.165) is 25.9 Å². The molecule has 1 rings (SSSR count). The van der Waals surface area contributed by atoms with Crippen LogP contribution in [0.4, 0.5) is 4.79 Å². The summed E-state index contributed by atoms with van der Waals surface area (Å²) in [5, 5.41) is 0. The first-order valence-corrected chi connectivity index (χ1v) is 7.06. The highest BCUT2D eigenvalue weighted by Gasteiger charge is 2.13. The molecule has 0 fully saturated rings.